The number of furan rings is 1. The van der Waals surface area contributed by atoms with E-state index in [0.29, 0.717) is 5.13 Å². The summed E-state index contributed by atoms with van der Waals surface area (Å²) in [6.07, 6.45) is 3.36. The van der Waals surface area contributed by atoms with E-state index in [9.17, 15) is 9.59 Å². The maximum absolute atomic E-state index is 12.5. The van der Waals surface area contributed by atoms with Gasteiger partial charge >= 0.3 is 0 Å². The molecule has 0 radical (unpaired) electrons. The molecule has 0 unspecified atom stereocenters. The summed E-state index contributed by atoms with van der Waals surface area (Å²) in [6, 6.07) is 9.37. The van der Waals surface area contributed by atoms with E-state index in [4.69, 9.17) is 4.42 Å². The molecule has 2 amide bonds. The van der Waals surface area contributed by atoms with Crippen LogP contribution in [0, 0.1) is 5.92 Å². The van der Waals surface area contributed by atoms with Crippen LogP contribution in [0.3, 0.4) is 0 Å². The quantitative estimate of drug-likeness (QED) is 0.701. The lowest BCUT2D eigenvalue weighted by Crippen LogP contribution is -2.38. The normalized spacial score (nSPS) is 13.5. The van der Waals surface area contributed by atoms with Gasteiger partial charge in [0.15, 0.2) is 10.9 Å². The van der Waals surface area contributed by atoms with Crippen molar-refractivity contribution in [2.24, 2.45) is 5.92 Å². The van der Waals surface area contributed by atoms with Gasteiger partial charge in [-0.05, 0) is 42.7 Å². The Bertz CT molecular complexity index is 1010. The van der Waals surface area contributed by atoms with Crippen LogP contribution in [0.15, 0.2) is 46.4 Å². The second kappa shape index (κ2) is 7.59. The standard InChI is InChI=1S/C21H21N3O3S/c1-13(2)20(26)24-9-3-5-15-11-14(7-8-17(15)24)16-12-28-21(22-16)23-19(25)18-6-4-10-27-18/h4,6-8,10-13H,3,5,9H2,1-2H3,(H,22,23,25). The lowest BCUT2D eigenvalue weighted by Gasteiger charge is -2.31. The van der Waals surface area contributed by atoms with Crippen LogP contribution in [0.5, 0.6) is 0 Å². The summed E-state index contributed by atoms with van der Waals surface area (Å²) in [5, 5.41) is 5.19. The summed E-state index contributed by atoms with van der Waals surface area (Å²) in [5.74, 6) is 0.0643. The zero-order valence-electron chi connectivity index (χ0n) is 15.8. The Balaban J connectivity index is 1.55. The third-order valence-corrected chi connectivity index (χ3v) is 5.48. The fourth-order valence-corrected chi connectivity index (χ4v) is 4.04. The molecule has 7 heteroatoms. The highest BCUT2D eigenvalue weighted by Gasteiger charge is 2.24. The first-order chi connectivity index (χ1) is 13.5. The smallest absolute Gasteiger partial charge is 0.293 e. The van der Waals surface area contributed by atoms with Crippen molar-refractivity contribution in [3.63, 3.8) is 0 Å². The highest BCUT2D eigenvalue weighted by Crippen LogP contribution is 2.33. The second-order valence-corrected chi connectivity index (χ2v) is 7.92. The molecule has 6 nitrogen and oxygen atoms in total. The van der Waals surface area contributed by atoms with Gasteiger partial charge in [-0.1, -0.05) is 19.9 Å². The number of carbonyl (C=O) groups excluding carboxylic acids is 2. The molecule has 0 bridgehead atoms. The summed E-state index contributed by atoms with van der Waals surface area (Å²) in [4.78, 5) is 31.0. The molecule has 144 valence electrons. The second-order valence-electron chi connectivity index (χ2n) is 7.06. The number of fused-ring (bicyclic) bond motifs is 1. The highest BCUT2D eigenvalue weighted by molar-refractivity contribution is 7.14. The maximum atomic E-state index is 12.5. The van der Waals surface area contributed by atoms with E-state index in [0.717, 1.165) is 41.9 Å². The number of amides is 2. The van der Waals surface area contributed by atoms with E-state index in [1.54, 1.807) is 12.1 Å². The average Bonchev–Trinajstić information content (AvgIpc) is 3.38. The van der Waals surface area contributed by atoms with Crippen LogP contribution in [-0.4, -0.2) is 23.3 Å². The molecular weight excluding hydrogens is 374 g/mol. The molecule has 0 saturated heterocycles. The molecule has 0 spiro atoms. The monoisotopic (exact) mass is 395 g/mol. The number of nitrogens with one attached hydrogen (secondary N) is 1. The lowest BCUT2D eigenvalue weighted by atomic mass is 9.97. The minimum absolute atomic E-state index is 0.0236. The van der Waals surface area contributed by atoms with Gasteiger partial charge in [-0.3, -0.25) is 14.9 Å². The minimum atomic E-state index is -0.320. The van der Waals surface area contributed by atoms with E-state index in [1.165, 1.54) is 17.6 Å². The van der Waals surface area contributed by atoms with Crippen LogP contribution in [0.1, 0.15) is 36.4 Å². The molecule has 2 aromatic heterocycles. The summed E-state index contributed by atoms with van der Waals surface area (Å²) >= 11 is 1.37. The molecule has 0 fully saturated rings. The molecule has 1 aliphatic rings. The van der Waals surface area contributed by atoms with Crippen molar-refractivity contribution >= 4 is 34.0 Å². The fourth-order valence-electron chi connectivity index (χ4n) is 3.33. The zero-order chi connectivity index (χ0) is 19.7. The Kier molecular flexibility index (Phi) is 5.00. The number of anilines is 2. The van der Waals surface area contributed by atoms with Crippen molar-refractivity contribution in [3.8, 4) is 11.3 Å². The Morgan fingerprint density at radius 2 is 2.14 bits per heavy atom. The van der Waals surface area contributed by atoms with E-state index in [-0.39, 0.29) is 23.5 Å². The molecule has 28 heavy (non-hydrogen) atoms. The SMILES string of the molecule is CC(C)C(=O)N1CCCc2cc(-c3csc(NC(=O)c4ccco4)n3)ccc21. The van der Waals surface area contributed by atoms with E-state index in [1.807, 2.05) is 36.3 Å². The van der Waals surface area contributed by atoms with Crippen molar-refractivity contribution in [1.29, 1.82) is 0 Å². The van der Waals surface area contributed by atoms with E-state index in [2.05, 4.69) is 16.4 Å². The number of hydrogen-bond donors (Lipinski definition) is 1. The molecular formula is C21H21N3O3S. The average molecular weight is 395 g/mol. The van der Waals surface area contributed by atoms with Crippen molar-refractivity contribution in [2.45, 2.75) is 26.7 Å². The van der Waals surface area contributed by atoms with Gasteiger partial charge in [0, 0.05) is 29.1 Å². The summed E-state index contributed by atoms with van der Waals surface area (Å²) in [5.41, 5.74) is 3.93. The largest absolute Gasteiger partial charge is 0.459 e. The summed E-state index contributed by atoms with van der Waals surface area (Å²) < 4.78 is 5.10. The summed E-state index contributed by atoms with van der Waals surface area (Å²) in [7, 11) is 0. The van der Waals surface area contributed by atoms with Crippen molar-refractivity contribution in [3.05, 3.63) is 53.3 Å². The zero-order valence-corrected chi connectivity index (χ0v) is 16.6. The first-order valence-corrected chi connectivity index (χ1v) is 10.2. The molecule has 3 heterocycles. The third kappa shape index (κ3) is 3.57. The van der Waals surface area contributed by atoms with Crippen molar-refractivity contribution < 1.29 is 14.0 Å². The van der Waals surface area contributed by atoms with Crippen LogP contribution in [-0.2, 0) is 11.2 Å². The van der Waals surface area contributed by atoms with E-state index < -0.39 is 0 Å². The number of benzene rings is 1. The van der Waals surface area contributed by atoms with Gasteiger partial charge in [0.05, 0.1) is 12.0 Å². The van der Waals surface area contributed by atoms with Gasteiger partial charge in [-0.15, -0.1) is 11.3 Å². The summed E-state index contributed by atoms with van der Waals surface area (Å²) in [6.45, 7) is 4.63. The van der Waals surface area contributed by atoms with Crippen molar-refractivity contribution in [1.82, 2.24) is 4.98 Å². The number of nitrogens with zero attached hydrogens (tertiary/aromatic N) is 2. The number of aryl methyl sites for hydroxylation is 1. The van der Waals surface area contributed by atoms with Gasteiger partial charge in [0.2, 0.25) is 5.91 Å². The Hall–Kier alpha value is -2.93. The molecule has 1 aromatic carbocycles. The van der Waals surface area contributed by atoms with Crippen LogP contribution < -0.4 is 10.2 Å². The van der Waals surface area contributed by atoms with Gasteiger partial charge in [-0.2, -0.15) is 0 Å². The number of thiazole rings is 1. The first-order valence-electron chi connectivity index (χ1n) is 9.28. The van der Waals surface area contributed by atoms with Gasteiger partial charge in [0.25, 0.3) is 5.91 Å². The molecule has 0 atom stereocenters. The Morgan fingerprint density at radius 3 is 2.89 bits per heavy atom. The number of hydrogen-bond acceptors (Lipinski definition) is 5. The molecule has 0 aliphatic carbocycles. The lowest BCUT2D eigenvalue weighted by molar-refractivity contribution is -0.121. The third-order valence-electron chi connectivity index (χ3n) is 4.72. The Morgan fingerprint density at radius 1 is 1.29 bits per heavy atom. The van der Waals surface area contributed by atoms with Gasteiger partial charge in [0.1, 0.15) is 0 Å². The first kappa shape index (κ1) is 18.4. The van der Waals surface area contributed by atoms with Gasteiger partial charge < -0.3 is 9.32 Å². The minimum Gasteiger partial charge on any atom is -0.459 e. The van der Waals surface area contributed by atoms with Crippen molar-refractivity contribution in [2.75, 3.05) is 16.8 Å². The van der Waals surface area contributed by atoms with Crippen LogP contribution >= 0.6 is 11.3 Å². The van der Waals surface area contributed by atoms with E-state index >= 15 is 0 Å². The molecule has 4 rings (SSSR count). The predicted molar refractivity (Wildman–Crippen MR) is 110 cm³/mol. The van der Waals surface area contributed by atoms with Gasteiger partial charge in [-0.25, -0.2) is 4.98 Å². The fraction of sp³-hybridized carbons (Fsp3) is 0.286. The van der Waals surface area contributed by atoms with Crippen LogP contribution in [0.25, 0.3) is 11.3 Å². The van der Waals surface area contributed by atoms with Crippen LogP contribution in [0.4, 0.5) is 10.8 Å². The maximum Gasteiger partial charge on any atom is 0.293 e. The van der Waals surface area contributed by atoms with Crippen LogP contribution in [0.2, 0.25) is 0 Å². The number of aromatic nitrogens is 1. The molecule has 3 aromatic rings. The molecule has 0 saturated carbocycles. The number of rotatable bonds is 4. The topological polar surface area (TPSA) is 75.4 Å². The predicted octanol–water partition coefficient (Wildman–Crippen LogP) is 4.59. The highest BCUT2D eigenvalue weighted by atomic mass is 32.1. The molecule has 1 aliphatic heterocycles. The Labute approximate surface area is 167 Å². The molecule has 1 N–H and O–H groups in total. The number of carbonyl (C=O) groups is 2.